The summed E-state index contributed by atoms with van der Waals surface area (Å²) in [7, 11) is 0. The van der Waals surface area contributed by atoms with E-state index in [0.29, 0.717) is 30.9 Å². The molecule has 126 valence electrons. The highest BCUT2D eigenvalue weighted by Gasteiger charge is 2.31. The number of rotatable bonds is 2. The number of hydrogen-bond donors (Lipinski definition) is 0. The number of nitriles is 1. The van der Waals surface area contributed by atoms with Gasteiger partial charge in [0.25, 0.3) is 0 Å². The van der Waals surface area contributed by atoms with Crippen LogP contribution in [0.4, 0.5) is 10.2 Å². The third-order valence-corrected chi connectivity index (χ3v) is 4.62. The second-order valence-corrected chi connectivity index (χ2v) is 6.42. The number of pyridine rings is 1. The highest BCUT2D eigenvalue weighted by molar-refractivity contribution is 5.80. The molecule has 1 amide bonds. The first-order valence-electron chi connectivity index (χ1n) is 8.34. The van der Waals surface area contributed by atoms with Gasteiger partial charge in [0.05, 0.1) is 18.0 Å². The van der Waals surface area contributed by atoms with Crippen molar-refractivity contribution in [2.75, 3.05) is 31.1 Å². The second-order valence-electron chi connectivity index (χ2n) is 6.42. The summed E-state index contributed by atoms with van der Waals surface area (Å²) in [6, 6.07) is 5.77. The van der Waals surface area contributed by atoms with Crippen LogP contribution in [-0.4, -0.2) is 42.0 Å². The number of hydrogen-bond acceptors (Lipinski definition) is 4. The topological polar surface area (TPSA) is 60.2 Å². The number of amides is 1. The maximum Gasteiger partial charge on any atom is 0.227 e. The Morgan fingerprint density at radius 1 is 1.42 bits per heavy atom. The first-order valence-corrected chi connectivity index (χ1v) is 8.34. The van der Waals surface area contributed by atoms with E-state index in [1.807, 2.05) is 17.9 Å². The number of halogens is 1. The Morgan fingerprint density at radius 2 is 2.25 bits per heavy atom. The second kappa shape index (κ2) is 7.00. The summed E-state index contributed by atoms with van der Waals surface area (Å²) in [6.07, 6.45) is 3.78. The normalized spacial score (nSPS) is 21.2. The lowest BCUT2D eigenvalue weighted by molar-refractivity contribution is -0.135. The van der Waals surface area contributed by atoms with Crippen LogP contribution in [0.3, 0.4) is 0 Å². The molecule has 2 aliphatic rings. The predicted octanol–water partition coefficient (Wildman–Crippen LogP) is 2.56. The lowest BCUT2D eigenvalue weighted by Crippen LogP contribution is -2.46. The fourth-order valence-corrected chi connectivity index (χ4v) is 3.39. The molecule has 0 bridgehead atoms. The summed E-state index contributed by atoms with van der Waals surface area (Å²) in [6.45, 7) is 3.87. The number of aromatic nitrogens is 1. The van der Waals surface area contributed by atoms with Gasteiger partial charge in [0, 0.05) is 25.3 Å². The van der Waals surface area contributed by atoms with Crippen LogP contribution in [0.25, 0.3) is 0 Å². The molecule has 1 aromatic rings. The van der Waals surface area contributed by atoms with Crippen LogP contribution < -0.4 is 4.90 Å². The summed E-state index contributed by atoms with van der Waals surface area (Å²) in [5.74, 6) is 0.265. The minimum Gasteiger partial charge on any atom is -0.355 e. The predicted molar refractivity (Wildman–Crippen MR) is 89.0 cm³/mol. The SMILES string of the molecule is Cc1ccc(C#N)c(N2CCCC(C(=O)N3CCC=C(F)C3)C2)n1. The monoisotopic (exact) mass is 328 g/mol. The molecule has 1 fully saturated rings. The Bertz CT molecular complexity index is 709. The number of carbonyl (C=O) groups is 1. The zero-order valence-corrected chi connectivity index (χ0v) is 13.8. The van der Waals surface area contributed by atoms with Crippen LogP contribution in [0.15, 0.2) is 24.0 Å². The Morgan fingerprint density at radius 3 is 3.00 bits per heavy atom. The zero-order chi connectivity index (χ0) is 17.1. The standard InChI is InChI=1S/C18H21FN4O/c1-13-6-7-14(10-20)17(21-13)22-8-2-4-15(11-22)18(24)23-9-3-5-16(19)12-23/h5-7,15H,2-4,8-9,11-12H2,1H3. The zero-order valence-electron chi connectivity index (χ0n) is 13.8. The molecule has 3 heterocycles. The summed E-state index contributed by atoms with van der Waals surface area (Å²) in [5, 5.41) is 9.31. The Labute approximate surface area is 141 Å². The third-order valence-electron chi connectivity index (χ3n) is 4.62. The van der Waals surface area contributed by atoms with Crippen LogP contribution in [-0.2, 0) is 4.79 Å². The molecule has 1 unspecified atom stereocenters. The Balaban J connectivity index is 1.75. The molecule has 24 heavy (non-hydrogen) atoms. The molecule has 3 rings (SSSR count). The molecule has 1 atom stereocenters. The van der Waals surface area contributed by atoms with Crippen LogP contribution in [0.2, 0.25) is 0 Å². The van der Waals surface area contributed by atoms with Gasteiger partial charge in [0.15, 0.2) is 0 Å². The number of piperidine rings is 1. The van der Waals surface area contributed by atoms with E-state index in [1.165, 1.54) is 0 Å². The van der Waals surface area contributed by atoms with Crippen molar-refractivity contribution in [1.82, 2.24) is 9.88 Å². The van der Waals surface area contributed by atoms with Crippen molar-refractivity contribution >= 4 is 11.7 Å². The molecule has 0 radical (unpaired) electrons. The number of nitrogens with zero attached hydrogens (tertiary/aromatic N) is 4. The summed E-state index contributed by atoms with van der Waals surface area (Å²) < 4.78 is 13.5. The van der Waals surface area contributed by atoms with Crippen molar-refractivity contribution in [2.45, 2.75) is 26.2 Å². The maximum atomic E-state index is 13.5. The van der Waals surface area contributed by atoms with Gasteiger partial charge in [-0.1, -0.05) is 0 Å². The first-order chi connectivity index (χ1) is 11.6. The van der Waals surface area contributed by atoms with Gasteiger partial charge >= 0.3 is 0 Å². The van der Waals surface area contributed by atoms with Crippen molar-refractivity contribution in [2.24, 2.45) is 5.92 Å². The van der Waals surface area contributed by atoms with E-state index < -0.39 is 0 Å². The van der Waals surface area contributed by atoms with Gasteiger partial charge in [-0.05, 0) is 44.4 Å². The van der Waals surface area contributed by atoms with Crippen LogP contribution in [0.5, 0.6) is 0 Å². The lowest BCUT2D eigenvalue weighted by Gasteiger charge is -2.36. The van der Waals surface area contributed by atoms with Gasteiger partial charge in [-0.25, -0.2) is 9.37 Å². The Hall–Kier alpha value is -2.42. The summed E-state index contributed by atoms with van der Waals surface area (Å²) in [5.41, 5.74) is 1.38. The van der Waals surface area contributed by atoms with Crippen LogP contribution in [0, 0.1) is 24.2 Å². The van der Waals surface area contributed by atoms with Crippen LogP contribution >= 0.6 is 0 Å². The highest BCUT2D eigenvalue weighted by Crippen LogP contribution is 2.26. The molecule has 2 aliphatic heterocycles. The van der Waals surface area contributed by atoms with Gasteiger partial charge in [-0.3, -0.25) is 4.79 Å². The molecular formula is C18H21FN4O. The van der Waals surface area contributed by atoms with E-state index in [-0.39, 0.29) is 24.2 Å². The fraction of sp³-hybridized carbons (Fsp3) is 0.500. The van der Waals surface area contributed by atoms with E-state index in [0.717, 1.165) is 25.1 Å². The van der Waals surface area contributed by atoms with Crippen molar-refractivity contribution < 1.29 is 9.18 Å². The molecular weight excluding hydrogens is 307 g/mol. The summed E-state index contributed by atoms with van der Waals surface area (Å²) >= 11 is 0. The maximum absolute atomic E-state index is 13.5. The molecule has 6 heteroatoms. The van der Waals surface area contributed by atoms with Gasteiger partial charge in [-0.15, -0.1) is 0 Å². The average Bonchev–Trinajstić information content (AvgIpc) is 2.61. The van der Waals surface area contributed by atoms with Gasteiger partial charge in [0.2, 0.25) is 5.91 Å². The molecule has 0 spiro atoms. The summed E-state index contributed by atoms with van der Waals surface area (Å²) in [4.78, 5) is 20.8. The van der Waals surface area contributed by atoms with E-state index in [4.69, 9.17) is 0 Å². The quantitative estimate of drug-likeness (QED) is 0.837. The van der Waals surface area contributed by atoms with Crippen molar-refractivity contribution in [1.29, 1.82) is 5.26 Å². The van der Waals surface area contributed by atoms with Crippen molar-refractivity contribution in [3.63, 3.8) is 0 Å². The fourth-order valence-electron chi connectivity index (χ4n) is 3.39. The van der Waals surface area contributed by atoms with Crippen molar-refractivity contribution in [3.05, 3.63) is 35.3 Å². The number of carbonyl (C=O) groups excluding carboxylic acids is 1. The number of aryl methyl sites for hydroxylation is 1. The minimum absolute atomic E-state index is 0.00844. The van der Waals surface area contributed by atoms with Gasteiger partial charge in [-0.2, -0.15) is 5.26 Å². The highest BCUT2D eigenvalue weighted by atomic mass is 19.1. The largest absolute Gasteiger partial charge is 0.355 e. The number of anilines is 1. The average molecular weight is 328 g/mol. The molecule has 1 aromatic heterocycles. The van der Waals surface area contributed by atoms with Gasteiger partial charge < -0.3 is 9.80 Å². The van der Waals surface area contributed by atoms with E-state index in [1.54, 1.807) is 17.0 Å². The Kier molecular flexibility index (Phi) is 4.79. The molecule has 1 saturated heterocycles. The first kappa shape index (κ1) is 16.4. The lowest BCUT2D eigenvalue weighted by atomic mass is 9.95. The van der Waals surface area contributed by atoms with Crippen LogP contribution in [0.1, 0.15) is 30.5 Å². The van der Waals surface area contributed by atoms with Crippen molar-refractivity contribution in [3.8, 4) is 6.07 Å². The van der Waals surface area contributed by atoms with Gasteiger partial charge in [0.1, 0.15) is 17.7 Å². The molecule has 5 nitrogen and oxygen atoms in total. The minimum atomic E-state index is -0.227. The van der Waals surface area contributed by atoms with E-state index >= 15 is 0 Å². The molecule has 0 aliphatic carbocycles. The molecule has 0 N–H and O–H groups in total. The molecule has 0 aromatic carbocycles. The van der Waals surface area contributed by atoms with E-state index in [2.05, 4.69) is 11.1 Å². The van der Waals surface area contributed by atoms with E-state index in [9.17, 15) is 14.4 Å². The third kappa shape index (κ3) is 3.40. The smallest absolute Gasteiger partial charge is 0.227 e. The molecule has 0 saturated carbocycles.